The van der Waals surface area contributed by atoms with E-state index in [1.807, 2.05) is 6.92 Å². The minimum atomic E-state index is -0.379. The van der Waals surface area contributed by atoms with E-state index < -0.39 is 0 Å². The van der Waals surface area contributed by atoms with Gasteiger partial charge in [0.1, 0.15) is 6.29 Å². The van der Waals surface area contributed by atoms with Crippen molar-refractivity contribution >= 4 is 24.3 Å². The summed E-state index contributed by atoms with van der Waals surface area (Å²) >= 11 is 1.34. The molecule has 1 atom stereocenters. The van der Waals surface area contributed by atoms with E-state index in [9.17, 15) is 9.59 Å². The van der Waals surface area contributed by atoms with Gasteiger partial charge in [-0.1, -0.05) is 6.08 Å². The molecule has 0 radical (unpaired) electrons. The predicted octanol–water partition coefficient (Wildman–Crippen LogP) is 1.16. The number of hydrogen-bond donors (Lipinski definition) is 0. The van der Waals surface area contributed by atoms with Gasteiger partial charge in [0.05, 0.1) is 4.75 Å². The molecule has 1 unspecified atom stereocenters. The number of hydrogen-bond acceptors (Lipinski definition) is 3. The summed E-state index contributed by atoms with van der Waals surface area (Å²) < 4.78 is -0.379. The summed E-state index contributed by atoms with van der Waals surface area (Å²) in [4.78, 5) is 21.3. The molecular formula is C7H8O2S. The van der Waals surface area contributed by atoms with Gasteiger partial charge in [-0.15, -0.1) is 11.8 Å². The van der Waals surface area contributed by atoms with Crippen molar-refractivity contribution in [1.82, 2.24) is 0 Å². The molecule has 1 aliphatic heterocycles. The Balaban J connectivity index is 2.66. The number of carbonyl (C=O) groups is 2. The van der Waals surface area contributed by atoms with Crippen molar-refractivity contribution < 1.29 is 9.59 Å². The molecule has 2 nitrogen and oxygen atoms in total. The van der Waals surface area contributed by atoms with E-state index in [1.165, 1.54) is 11.8 Å². The molecule has 0 N–H and O–H groups in total. The zero-order valence-electron chi connectivity index (χ0n) is 5.66. The van der Waals surface area contributed by atoms with Crippen molar-refractivity contribution in [3.8, 4) is 0 Å². The largest absolute Gasteiger partial charge is 0.302 e. The van der Waals surface area contributed by atoms with Gasteiger partial charge < -0.3 is 4.79 Å². The normalized spacial score (nSPS) is 31.5. The zero-order valence-corrected chi connectivity index (χ0v) is 6.48. The highest BCUT2D eigenvalue weighted by molar-refractivity contribution is 8.06. The lowest BCUT2D eigenvalue weighted by atomic mass is 10.1. The van der Waals surface area contributed by atoms with Crippen LogP contribution >= 0.6 is 11.8 Å². The smallest absolute Gasteiger partial charge is 0.156 e. The Hall–Kier alpha value is -0.570. The van der Waals surface area contributed by atoms with Crippen molar-refractivity contribution in [3.63, 3.8) is 0 Å². The molecule has 1 heterocycles. The highest BCUT2D eigenvalue weighted by Gasteiger charge is 2.29. The maximum atomic E-state index is 10.4. The van der Waals surface area contributed by atoms with Gasteiger partial charge in [0.2, 0.25) is 0 Å². The van der Waals surface area contributed by atoms with Crippen molar-refractivity contribution in [2.75, 3.05) is 0 Å². The Morgan fingerprint density at radius 1 is 1.70 bits per heavy atom. The lowest BCUT2D eigenvalue weighted by Gasteiger charge is -2.12. The van der Waals surface area contributed by atoms with Crippen molar-refractivity contribution in [2.24, 2.45) is 0 Å². The first-order chi connectivity index (χ1) is 4.70. The summed E-state index contributed by atoms with van der Waals surface area (Å²) in [6.45, 7) is 1.83. The van der Waals surface area contributed by atoms with Crippen LogP contribution in [-0.2, 0) is 9.59 Å². The standard InChI is InChI=1S/C7H8O2S/c1-7(5-9)3-2-6(4-8)10-7/h2,4-5H,3H2,1H3. The second-order valence-electron chi connectivity index (χ2n) is 2.46. The molecule has 0 aliphatic carbocycles. The molecule has 1 aliphatic rings. The number of allylic oxidation sites excluding steroid dienone is 2. The first-order valence-electron chi connectivity index (χ1n) is 3.01. The average molecular weight is 156 g/mol. The van der Waals surface area contributed by atoms with E-state index in [4.69, 9.17) is 0 Å². The Kier molecular flexibility index (Phi) is 1.94. The van der Waals surface area contributed by atoms with Crippen LogP contribution in [0.25, 0.3) is 0 Å². The zero-order chi connectivity index (χ0) is 7.61. The van der Waals surface area contributed by atoms with Gasteiger partial charge in [0.25, 0.3) is 0 Å². The molecule has 0 fully saturated rings. The molecular weight excluding hydrogens is 148 g/mol. The second kappa shape index (κ2) is 2.58. The van der Waals surface area contributed by atoms with Crippen molar-refractivity contribution in [3.05, 3.63) is 11.0 Å². The fourth-order valence-electron chi connectivity index (χ4n) is 0.800. The van der Waals surface area contributed by atoms with Crippen LogP contribution in [0.1, 0.15) is 13.3 Å². The third-order valence-electron chi connectivity index (χ3n) is 1.43. The molecule has 0 spiro atoms. The highest BCUT2D eigenvalue weighted by Crippen LogP contribution is 2.38. The molecule has 3 heteroatoms. The topological polar surface area (TPSA) is 34.1 Å². The maximum Gasteiger partial charge on any atom is 0.156 e. The summed E-state index contributed by atoms with van der Waals surface area (Å²) in [7, 11) is 0. The first kappa shape index (κ1) is 7.54. The van der Waals surface area contributed by atoms with Crippen LogP contribution in [0.5, 0.6) is 0 Å². The van der Waals surface area contributed by atoms with Crippen LogP contribution in [-0.4, -0.2) is 17.3 Å². The quantitative estimate of drug-likeness (QED) is 0.563. The predicted molar refractivity (Wildman–Crippen MR) is 40.8 cm³/mol. The van der Waals surface area contributed by atoms with Crippen LogP contribution in [0, 0.1) is 0 Å². The van der Waals surface area contributed by atoms with E-state index in [1.54, 1.807) is 6.08 Å². The third kappa shape index (κ3) is 1.29. The minimum Gasteiger partial charge on any atom is -0.302 e. The summed E-state index contributed by atoms with van der Waals surface area (Å²) in [6.07, 6.45) is 4.16. The molecule has 0 aromatic rings. The summed E-state index contributed by atoms with van der Waals surface area (Å²) in [6, 6.07) is 0. The van der Waals surface area contributed by atoms with Crippen LogP contribution in [0.4, 0.5) is 0 Å². The Bertz CT molecular complexity index is 198. The van der Waals surface area contributed by atoms with Crippen molar-refractivity contribution in [2.45, 2.75) is 18.1 Å². The molecule has 0 amide bonds. The Labute approximate surface area is 63.7 Å². The highest BCUT2D eigenvalue weighted by atomic mass is 32.2. The number of rotatable bonds is 2. The van der Waals surface area contributed by atoms with Gasteiger partial charge in [-0.05, 0) is 13.3 Å². The van der Waals surface area contributed by atoms with Gasteiger partial charge in [0, 0.05) is 4.91 Å². The lowest BCUT2D eigenvalue weighted by molar-refractivity contribution is -0.109. The summed E-state index contributed by atoms with van der Waals surface area (Å²) in [5.41, 5.74) is 0. The van der Waals surface area contributed by atoms with E-state index in [2.05, 4.69) is 0 Å². The van der Waals surface area contributed by atoms with Gasteiger partial charge >= 0.3 is 0 Å². The van der Waals surface area contributed by atoms with E-state index in [0.717, 1.165) is 12.6 Å². The molecule has 0 saturated carbocycles. The van der Waals surface area contributed by atoms with Crippen LogP contribution in [0.2, 0.25) is 0 Å². The molecule has 1 rings (SSSR count). The van der Waals surface area contributed by atoms with E-state index in [0.29, 0.717) is 11.3 Å². The first-order valence-corrected chi connectivity index (χ1v) is 3.82. The fourth-order valence-corrected chi connectivity index (χ4v) is 1.77. The van der Waals surface area contributed by atoms with Gasteiger partial charge in [0.15, 0.2) is 6.29 Å². The second-order valence-corrected chi connectivity index (χ2v) is 4.07. The monoisotopic (exact) mass is 156 g/mol. The number of aldehydes is 2. The third-order valence-corrected chi connectivity index (χ3v) is 2.65. The number of thioether (sulfide) groups is 1. The van der Waals surface area contributed by atoms with Crippen LogP contribution in [0.3, 0.4) is 0 Å². The van der Waals surface area contributed by atoms with E-state index >= 15 is 0 Å². The Morgan fingerprint density at radius 2 is 2.40 bits per heavy atom. The van der Waals surface area contributed by atoms with E-state index in [-0.39, 0.29) is 4.75 Å². The molecule has 54 valence electrons. The lowest BCUT2D eigenvalue weighted by Crippen LogP contribution is -2.17. The van der Waals surface area contributed by atoms with Crippen LogP contribution < -0.4 is 0 Å². The summed E-state index contributed by atoms with van der Waals surface area (Å²) in [5.74, 6) is 0. The van der Waals surface area contributed by atoms with Gasteiger partial charge in [-0.2, -0.15) is 0 Å². The summed E-state index contributed by atoms with van der Waals surface area (Å²) in [5, 5.41) is 0. The van der Waals surface area contributed by atoms with Crippen molar-refractivity contribution in [1.29, 1.82) is 0 Å². The van der Waals surface area contributed by atoms with Gasteiger partial charge in [-0.3, -0.25) is 4.79 Å². The fraction of sp³-hybridized carbons (Fsp3) is 0.429. The molecule has 0 aromatic heterocycles. The molecule has 0 aromatic carbocycles. The van der Waals surface area contributed by atoms with Gasteiger partial charge in [-0.25, -0.2) is 0 Å². The van der Waals surface area contributed by atoms with Crippen LogP contribution in [0.15, 0.2) is 11.0 Å². The minimum absolute atomic E-state index is 0.379. The average Bonchev–Trinajstić information content (AvgIpc) is 2.33. The Morgan fingerprint density at radius 3 is 2.70 bits per heavy atom. The molecule has 0 saturated heterocycles. The SMILES string of the molecule is CC1(C=O)CC=C(C=O)S1. The maximum absolute atomic E-state index is 10.4. The molecule has 0 bridgehead atoms. The molecule has 10 heavy (non-hydrogen) atoms. The number of carbonyl (C=O) groups excluding carboxylic acids is 2.